The number of amides is 2. The van der Waals surface area contributed by atoms with Crippen LogP contribution in [-0.2, 0) is 4.79 Å². The van der Waals surface area contributed by atoms with Gasteiger partial charge in [0.15, 0.2) is 0 Å². The first-order valence-electron chi connectivity index (χ1n) is 7.30. The van der Waals surface area contributed by atoms with Crippen LogP contribution < -0.4 is 5.32 Å². The van der Waals surface area contributed by atoms with Crippen molar-refractivity contribution in [1.29, 1.82) is 0 Å². The minimum Gasteiger partial charge on any atom is -0.480 e. The van der Waals surface area contributed by atoms with Crippen LogP contribution in [-0.4, -0.2) is 41.1 Å². The number of carbonyl (C=O) groups excluding carboxylic acids is 1. The van der Waals surface area contributed by atoms with Crippen molar-refractivity contribution in [3.8, 4) is 0 Å². The third-order valence-corrected chi connectivity index (χ3v) is 4.57. The molecule has 108 valence electrons. The molecule has 5 heteroatoms. The van der Waals surface area contributed by atoms with Gasteiger partial charge in [-0.2, -0.15) is 0 Å². The number of urea groups is 1. The van der Waals surface area contributed by atoms with Crippen molar-refractivity contribution in [1.82, 2.24) is 10.2 Å². The first-order chi connectivity index (χ1) is 9.03. The van der Waals surface area contributed by atoms with Crippen LogP contribution in [0.3, 0.4) is 0 Å². The molecular formula is C14H24N2O3. The van der Waals surface area contributed by atoms with Gasteiger partial charge in [-0.05, 0) is 31.6 Å². The van der Waals surface area contributed by atoms with E-state index < -0.39 is 11.5 Å². The Bertz CT molecular complexity index is 347. The van der Waals surface area contributed by atoms with Crippen LogP contribution in [0.2, 0.25) is 0 Å². The maximum Gasteiger partial charge on any atom is 0.329 e. The maximum atomic E-state index is 12.1. The van der Waals surface area contributed by atoms with Gasteiger partial charge in [-0.25, -0.2) is 9.59 Å². The second-order valence-corrected chi connectivity index (χ2v) is 6.06. The average Bonchev–Trinajstić information content (AvgIpc) is 2.34. The lowest BCUT2D eigenvalue weighted by atomic mass is 9.81. The standard InChI is InChI=1S/C14H24N2O3/c1-16(10-11-6-5-7-11)13(19)15-14(12(17)18)8-3-2-4-9-14/h11H,2-10H2,1H3,(H,15,19)(H,17,18). The Morgan fingerprint density at radius 2 is 1.84 bits per heavy atom. The van der Waals surface area contributed by atoms with Gasteiger partial charge in [0.25, 0.3) is 0 Å². The van der Waals surface area contributed by atoms with Crippen molar-refractivity contribution < 1.29 is 14.7 Å². The molecule has 0 aromatic heterocycles. The molecule has 0 unspecified atom stereocenters. The number of rotatable bonds is 4. The molecule has 2 N–H and O–H groups in total. The van der Waals surface area contributed by atoms with Crippen molar-refractivity contribution in [2.45, 2.75) is 56.9 Å². The summed E-state index contributed by atoms with van der Waals surface area (Å²) in [7, 11) is 1.76. The molecule has 0 aliphatic heterocycles. The van der Waals surface area contributed by atoms with Crippen LogP contribution in [0.15, 0.2) is 0 Å². The topological polar surface area (TPSA) is 69.6 Å². The Morgan fingerprint density at radius 3 is 2.32 bits per heavy atom. The van der Waals surface area contributed by atoms with E-state index in [9.17, 15) is 14.7 Å². The van der Waals surface area contributed by atoms with Crippen molar-refractivity contribution in [2.75, 3.05) is 13.6 Å². The van der Waals surface area contributed by atoms with Gasteiger partial charge in [0.1, 0.15) is 5.54 Å². The molecule has 19 heavy (non-hydrogen) atoms. The van der Waals surface area contributed by atoms with Crippen molar-refractivity contribution in [3.05, 3.63) is 0 Å². The van der Waals surface area contributed by atoms with Gasteiger partial charge in [-0.1, -0.05) is 25.7 Å². The highest BCUT2D eigenvalue weighted by Crippen LogP contribution is 2.29. The summed E-state index contributed by atoms with van der Waals surface area (Å²) in [6.45, 7) is 0.738. The Kier molecular flexibility index (Phi) is 4.32. The molecule has 2 saturated carbocycles. The van der Waals surface area contributed by atoms with E-state index in [2.05, 4.69) is 5.32 Å². The monoisotopic (exact) mass is 268 g/mol. The van der Waals surface area contributed by atoms with E-state index in [0.29, 0.717) is 18.8 Å². The lowest BCUT2D eigenvalue weighted by Crippen LogP contribution is -2.58. The highest BCUT2D eigenvalue weighted by atomic mass is 16.4. The third kappa shape index (κ3) is 3.19. The van der Waals surface area contributed by atoms with Crippen LogP contribution in [0.25, 0.3) is 0 Å². The number of aliphatic carboxylic acids is 1. The number of hydrogen-bond donors (Lipinski definition) is 2. The number of carboxylic acids is 1. The van der Waals surface area contributed by atoms with Gasteiger partial charge in [0.05, 0.1) is 0 Å². The van der Waals surface area contributed by atoms with E-state index in [1.54, 1.807) is 11.9 Å². The minimum absolute atomic E-state index is 0.240. The quantitative estimate of drug-likeness (QED) is 0.821. The largest absolute Gasteiger partial charge is 0.480 e. The number of hydrogen-bond acceptors (Lipinski definition) is 2. The zero-order valence-electron chi connectivity index (χ0n) is 11.7. The van der Waals surface area contributed by atoms with Crippen LogP contribution in [0, 0.1) is 5.92 Å². The van der Waals surface area contributed by atoms with E-state index in [0.717, 1.165) is 25.8 Å². The van der Waals surface area contributed by atoms with Crippen molar-refractivity contribution in [2.24, 2.45) is 5.92 Å². The molecule has 2 fully saturated rings. The summed E-state index contributed by atoms with van der Waals surface area (Å²) in [4.78, 5) is 25.3. The smallest absolute Gasteiger partial charge is 0.329 e. The summed E-state index contributed by atoms with van der Waals surface area (Å²) in [5.41, 5.74) is -1.04. The summed E-state index contributed by atoms with van der Waals surface area (Å²) in [5.74, 6) is -0.291. The fourth-order valence-corrected chi connectivity index (χ4v) is 2.99. The number of carboxylic acid groups (broad SMARTS) is 1. The predicted octanol–water partition coefficient (Wildman–Crippen LogP) is 2.22. The Balaban J connectivity index is 1.92. The summed E-state index contributed by atoms with van der Waals surface area (Å²) >= 11 is 0. The molecule has 0 aromatic carbocycles. The molecule has 0 heterocycles. The fraction of sp³-hybridized carbons (Fsp3) is 0.857. The molecule has 0 radical (unpaired) electrons. The van der Waals surface area contributed by atoms with Crippen LogP contribution in [0.4, 0.5) is 4.79 Å². The number of carbonyl (C=O) groups is 2. The summed E-state index contributed by atoms with van der Waals surface area (Å²) < 4.78 is 0. The van der Waals surface area contributed by atoms with Gasteiger partial charge in [0.2, 0.25) is 0 Å². The van der Waals surface area contributed by atoms with E-state index in [-0.39, 0.29) is 6.03 Å². The number of nitrogens with one attached hydrogen (secondary N) is 1. The molecular weight excluding hydrogens is 244 g/mol. The predicted molar refractivity (Wildman–Crippen MR) is 72.0 cm³/mol. The fourth-order valence-electron chi connectivity index (χ4n) is 2.99. The molecule has 0 spiro atoms. The Labute approximate surface area is 114 Å². The molecule has 2 aliphatic carbocycles. The molecule has 2 aliphatic rings. The summed E-state index contributed by atoms with van der Waals surface area (Å²) in [6.07, 6.45) is 7.51. The highest BCUT2D eigenvalue weighted by Gasteiger charge is 2.41. The molecule has 0 saturated heterocycles. The second-order valence-electron chi connectivity index (χ2n) is 6.06. The number of nitrogens with zero attached hydrogens (tertiary/aromatic N) is 1. The Morgan fingerprint density at radius 1 is 1.21 bits per heavy atom. The first kappa shape index (κ1) is 14.2. The van der Waals surface area contributed by atoms with Gasteiger partial charge in [-0.15, -0.1) is 0 Å². The van der Waals surface area contributed by atoms with Gasteiger partial charge in [-0.3, -0.25) is 0 Å². The zero-order valence-corrected chi connectivity index (χ0v) is 11.7. The first-order valence-corrected chi connectivity index (χ1v) is 7.30. The average molecular weight is 268 g/mol. The van der Waals surface area contributed by atoms with Crippen LogP contribution in [0.1, 0.15) is 51.4 Å². The Hall–Kier alpha value is -1.26. The molecule has 2 amide bonds. The minimum atomic E-state index is -1.04. The van der Waals surface area contributed by atoms with E-state index in [1.807, 2.05) is 0 Å². The van der Waals surface area contributed by atoms with E-state index in [1.165, 1.54) is 19.3 Å². The molecule has 0 aromatic rings. The lowest BCUT2D eigenvalue weighted by molar-refractivity contribution is -0.145. The van der Waals surface area contributed by atoms with E-state index >= 15 is 0 Å². The SMILES string of the molecule is CN(CC1CCC1)C(=O)NC1(C(=O)O)CCCCC1. The highest BCUT2D eigenvalue weighted by molar-refractivity contribution is 5.86. The second kappa shape index (κ2) is 5.80. The molecule has 2 rings (SSSR count). The van der Waals surface area contributed by atoms with E-state index in [4.69, 9.17) is 0 Å². The van der Waals surface area contributed by atoms with Crippen molar-refractivity contribution in [3.63, 3.8) is 0 Å². The molecule has 5 nitrogen and oxygen atoms in total. The third-order valence-electron chi connectivity index (χ3n) is 4.57. The maximum absolute atomic E-state index is 12.1. The lowest BCUT2D eigenvalue weighted by Gasteiger charge is -2.36. The molecule has 0 bridgehead atoms. The van der Waals surface area contributed by atoms with Gasteiger partial charge >= 0.3 is 12.0 Å². The van der Waals surface area contributed by atoms with Gasteiger partial charge < -0.3 is 15.3 Å². The zero-order chi connectivity index (χ0) is 13.9. The van der Waals surface area contributed by atoms with Crippen molar-refractivity contribution >= 4 is 12.0 Å². The molecule has 0 atom stereocenters. The van der Waals surface area contributed by atoms with Gasteiger partial charge in [0, 0.05) is 13.6 Å². The van der Waals surface area contributed by atoms with Crippen LogP contribution >= 0.6 is 0 Å². The van der Waals surface area contributed by atoms with Crippen LogP contribution in [0.5, 0.6) is 0 Å². The normalized spacial score (nSPS) is 22.4. The summed E-state index contributed by atoms with van der Waals surface area (Å²) in [5, 5.41) is 12.2. The summed E-state index contributed by atoms with van der Waals surface area (Å²) in [6, 6.07) is -0.240.